The molecule has 0 spiro atoms. The summed E-state index contributed by atoms with van der Waals surface area (Å²) in [6, 6.07) is 16.8. The number of aryl methyl sites for hydroxylation is 1. The van der Waals surface area contributed by atoms with Gasteiger partial charge in [0.1, 0.15) is 5.52 Å². The van der Waals surface area contributed by atoms with Crippen molar-refractivity contribution in [1.82, 2.24) is 25.1 Å². The largest absolute Gasteiger partial charge is 0.352 e. The summed E-state index contributed by atoms with van der Waals surface area (Å²) in [5, 5.41) is 13.6. The second-order valence-electron chi connectivity index (χ2n) is 9.11. The molecule has 0 aliphatic carbocycles. The molecule has 2 aromatic carbocycles. The van der Waals surface area contributed by atoms with Crippen LogP contribution in [0, 0.1) is 6.92 Å². The van der Waals surface area contributed by atoms with Crippen LogP contribution in [0.2, 0.25) is 0 Å². The second-order valence-corrected chi connectivity index (χ2v) is 10.2. The fraction of sp³-hybridized carbons (Fsp3) is 0.360. The minimum absolute atomic E-state index is 0.0749. The summed E-state index contributed by atoms with van der Waals surface area (Å²) in [5.74, 6) is 0.842. The van der Waals surface area contributed by atoms with E-state index in [2.05, 4.69) is 63.4 Å². The third kappa shape index (κ3) is 5.27. The molecule has 32 heavy (non-hydrogen) atoms. The van der Waals surface area contributed by atoms with Crippen molar-refractivity contribution in [2.24, 2.45) is 0 Å². The van der Waals surface area contributed by atoms with E-state index in [0.29, 0.717) is 11.6 Å². The van der Waals surface area contributed by atoms with E-state index in [0.717, 1.165) is 40.8 Å². The molecule has 4 aromatic rings. The number of hydrogen-bond donors (Lipinski definition) is 1. The second kappa shape index (κ2) is 9.28. The van der Waals surface area contributed by atoms with E-state index in [1.165, 1.54) is 11.1 Å². The SMILES string of the molecule is Cc1cccc(Cn2c3ccccc3c3nnc(SCCCC(=O)NC(C)(C)C)nc32)c1. The summed E-state index contributed by atoms with van der Waals surface area (Å²) in [4.78, 5) is 16.9. The van der Waals surface area contributed by atoms with Crippen LogP contribution in [0.15, 0.2) is 53.7 Å². The molecule has 4 rings (SSSR count). The highest BCUT2D eigenvalue weighted by atomic mass is 32.2. The van der Waals surface area contributed by atoms with Crippen molar-refractivity contribution >= 4 is 39.7 Å². The summed E-state index contributed by atoms with van der Waals surface area (Å²) in [6.45, 7) is 8.80. The number of benzene rings is 2. The van der Waals surface area contributed by atoms with Crippen molar-refractivity contribution in [2.75, 3.05) is 5.75 Å². The van der Waals surface area contributed by atoms with Crippen molar-refractivity contribution in [2.45, 2.75) is 57.8 Å². The number of para-hydroxylation sites is 1. The van der Waals surface area contributed by atoms with E-state index < -0.39 is 0 Å². The molecule has 2 heterocycles. The zero-order valence-corrected chi connectivity index (χ0v) is 19.9. The molecular formula is C25H29N5OS. The number of carbonyl (C=O) groups is 1. The van der Waals surface area contributed by atoms with Crippen LogP contribution in [0.5, 0.6) is 0 Å². The third-order valence-electron chi connectivity index (χ3n) is 5.07. The maximum absolute atomic E-state index is 12.0. The van der Waals surface area contributed by atoms with E-state index in [1.54, 1.807) is 11.8 Å². The van der Waals surface area contributed by atoms with Crippen LogP contribution >= 0.6 is 11.8 Å². The monoisotopic (exact) mass is 447 g/mol. The molecule has 0 aliphatic heterocycles. The van der Waals surface area contributed by atoms with Gasteiger partial charge in [0.05, 0.1) is 5.52 Å². The molecule has 7 heteroatoms. The van der Waals surface area contributed by atoms with Crippen molar-refractivity contribution < 1.29 is 4.79 Å². The standard InChI is InChI=1S/C25H29N5OS/c1-17-9-7-10-18(15-17)16-30-20-12-6-5-11-19(20)22-23(30)26-24(29-28-22)32-14-8-13-21(31)27-25(2,3)4/h5-7,9-12,15H,8,13-14,16H2,1-4H3,(H,27,31). The molecule has 0 fully saturated rings. The van der Waals surface area contributed by atoms with Gasteiger partial charge in [-0.25, -0.2) is 4.98 Å². The van der Waals surface area contributed by atoms with Gasteiger partial charge < -0.3 is 9.88 Å². The number of carbonyl (C=O) groups excluding carboxylic acids is 1. The van der Waals surface area contributed by atoms with E-state index in [-0.39, 0.29) is 11.4 Å². The number of thioether (sulfide) groups is 1. The third-order valence-corrected chi connectivity index (χ3v) is 6.00. The molecule has 0 atom stereocenters. The Bertz CT molecular complexity index is 1260. The van der Waals surface area contributed by atoms with Gasteiger partial charge in [0.15, 0.2) is 5.65 Å². The Morgan fingerprint density at radius 2 is 1.91 bits per heavy atom. The molecule has 6 nitrogen and oxygen atoms in total. The van der Waals surface area contributed by atoms with Crippen molar-refractivity contribution in [3.63, 3.8) is 0 Å². The number of nitrogens with zero attached hydrogens (tertiary/aromatic N) is 4. The lowest BCUT2D eigenvalue weighted by Crippen LogP contribution is -2.40. The van der Waals surface area contributed by atoms with Crippen LogP contribution < -0.4 is 5.32 Å². The number of amides is 1. The summed E-state index contributed by atoms with van der Waals surface area (Å²) >= 11 is 1.54. The maximum atomic E-state index is 12.0. The van der Waals surface area contributed by atoms with Gasteiger partial charge in [0, 0.05) is 29.6 Å². The Labute approximate surface area is 192 Å². The Morgan fingerprint density at radius 3 is 2.69 bits per heavy atom. The zero-order valence-electron chi connectivity index (χ0n) is 19.1. The van der Waals surface area contributed by atoms with Crippen LogP contribution in [0.25, 0.3) is 22.1 Å². The minimum Gasteiger partial charge on any atom is -0.352 e. The quantitative estimate of drug-likeness (QED) is 0.314. The van der Waals surface area contributed by atoms with Crippen LogP contribution in [0.3, 0.4) is 0 Å². The summed E-state index contributed by atoms with van der Waals surface area (Å²) < 4.78 is 2.22. The number of hydrogen-bond acceptors (Lipinski definition) is 5. The number of rotatable bonds is 7. The lowest BCUT2D eigenvalue weighted by Gasteiger charge is -2.20. The van der Waals surface area contributed by atoms with Gasteiger partial charge in [-0.1, -0.05) is 59.8 Å². The lowest BCUT2D eigenvalue weighted by molar-refractivity contribution is -0.122. The molecule has 0 unspecified atom stereocenters. The molecule has 0 saturated heterocycles. The number of aromatic nitrogens is 4. The highest BCUT2D eigenvalue weighted by molar-refractivity contribution is 7.99. The highest BCUT2D eigenvalue weighted by Gasteiger charge is 2.16. The van der Waals surface area contributed by atoms with Crippen LogP contribution in [-0.4, -0.2) is 36.9 Å². The number of fused-ring (bicyclic) bond motifs is 3. The first-order valence-electron chi connectivity index (χ1n) is 10.9. The fourth-order valence-corrected chi connectivity index (χ4v) is 4.50. The van der Waals surface area contributed by atoms with Crippen LogP contribution in [0.1, 0.15) is 44.7 Å². The van der Waals surface area contributed by atoms with Crippen LogP contribution in [0.4, 0.5) is 0 Å². The molecule has 0 aliphatic rings. The molecule has 0 bridgehead atoms. The molecular weight excluding hydrogens is 418 g/mol. The fourth-order valence-electron chi connectivity index (χ4n) is 3.78. The highest BCUT2D eigenvalue weighted by Crippen LogP contribution is 2.28. The Kier molecular flexibility index (Phi) is 6.46. The van der Waals surface area contributed by atoms with Crippen molar-refractivity contribution in [3.05, 3.63) is 59.7 Å². The van der Waals surface area contributed by atoms with Gasteiger partial charge in [0.2, 0.25) is 11.1 Å². The lowest BCUT2D eigenvalue weighted by atomic mass is 10.1. The van der Waals surface area contributed by atoms with Crippen molar-refractivity contribution in [3.8, 4) is 0 Å². The predicted octanol–water partition coefficient (Wildman–Crippen LogP) is 5.12. The Morgan fingerprint density at radius 1 is 1.09 bits per heavy atom. The van der Waals surface area contributed by atoms with Gasteiger partial charge in [-0.15, -0.1) is 10.2 Å². The van der Waals surface area contributed by atoms with E-state index >= 15 is 0 Å². The summed E-state index contributed by atoms with van der Waals surface area (Å²) in [6.07, 6.45) is 1.26. The summed E-state index contributed by atoms with van der Waals surface area (Å²) in [7, 11) is 0. The molecule has 0 radical (unpaired) electrons. The summed E-state index contributed by atoms with van der Waals surface area (Å²) in [5.41, 5.74) is 5.03. The maximum Gasteiger partial charge on any atom is 0.220 e. The topological polar surface area (TPSA) is 72.7 Å². The molecule has 166 valence electrons. The van der Waals surface area contributed by atoms with Gasteiger partial charge in [-0.2, -0.15) is 0 Å². The smallest absolute Gasteiger partial charge is 0.220 e. The van der Waals surface area contributed by atoms with Gasteiger partial charge in [-0.05, 0) is 45.7 Å². The molecule has 1 N–H and O–H groups in total. The van der Waals surface area contributed by atoms with Crippen molar-refractivity contribution in [1.29, 1.82) is 0 Å². The number of nitrogens with one attached hydrogen (secondary N) is 1. The first kappa shape index (κ1) is 22.3. The van der Waals surface area contributed by atoms with Gasteiger partial charge >= 0.3 is 0 Å². The van der Waals surface area contributed by atoms with E-state index in [1.807, 2.05) is 32.9 Å². The first-order chi connectivity index (χ1) is 15.3. The Hall–Kier alpha value is -2.93. The van der Waals surface area contributed by atoms with Gasteiger partial charge in [-0.3, -0.25) is 4.79 Å². The molecule has 1 amide bonds. The van der Waals surface area contributed by atoms with E-state index in [9.17, 15) is 4.79 Å². The average Bonchev–Trinajstić information content (AvgIpc) is 3.03. The predicted molar refractivity (Wildman–Crippen MR) is 131 cm³/mol. The molecule has 0 saturated carbocycles. The first-order valence-corrected chi connectivity index (χ1v) is 11.9. The van der Waals surface area contributed by atoms with E-state index in [4.69, 9.17) is 4.98 Å². The van der Waals surface area contributed by atoms with Gasteiger partial charge in [0.25, 0.3) is 0 Å². The van der Waals surface area contributed by atoms with Crippen LogP contribution in [-0.2, 0) is 11.3 Å². The average molecular weight is 448 g/mol. The zero-order chi connectivity index (χ0) is 22.7. The minimum atomic E-state index is -0.201. The molecule has 2 aromatic heterocycles. The Balaban J connectivity index is 1.55. The normalized spacial score (nSPS) is 11.9.